The van der Waals surface area contributed by atoms with Crippen LogP contribution < -0.4 is 26.6 Å². The van der Waals surface area contributed by atoms with E-state index >= 15 is 0 Å². The maximum absolute atomic E-state index is 11.6. The van der Waals surface area contributed by atoms with Crippen LogP contribution in [0.25, 0.3) is 0 Å². The topological polar surface area (TPSA) is 86.5 Å². The highest BCUT2D eigenvalue weighted by Crippen LogP contribution is 2.20. The monoisotopic (exact) mass is 409 g/mol. The maximum atomic E-state index is 11.6. The molecule has 0 aromatic rings. The lowest BCUT2D eigenvalue weighted by Gasteiger charge is -2.35. The van der Waals surface area contributed by atoms with Crippen molar-refractivity contribution in [1.29, 1.82) is 0 Å². The molecule has 3 fully saturated rings. The molecule has 0 spiro atoms. The molecule has 7 heteroatoms. The number of hydrogen-bond acceptors (Lipinski definition) is 7. The van der Waals surface area contributed by atoms with E-state index in [1.165, 1.54) is 51.4 Å². The van der Waals surface area contributed by atoms with Gasteiger partial charge in [-0.25, -0.2) is 0 Å². The van der Waals surface area contributed by atoms with Crippen LogP contribution in [0.4, 0.5) is 0 Å². The first-order valence-electron chi connectivity index (χ1n) is 12.1. The van der Waals surface area contributed by atoms with Gasteiger partial charge in [0.15, 0.2) is 0 Å². The van der Waals surface area contributed by atoms with Gasteiger partial charge in [0.2, 0.25) is 0 Å². The number of carbonyl (C=O) groups is 1. The molecule has 3 aliphatic rings. The summed E-state index contributed by atoms with van der Waals surface area (Å²) >= 11 is 0. The summed E-state index contributed by atoms with van der Waals surface area (Å²) in [6.07, 6.45) is 10.7. The number of hydrogen-bond donors (Lipinski definition) is 5. The van der Waals surface area contributed by atoms with Crippen LogP contribution >= 0.6 is 0 Å². The van der Waals surface area contributed by atoms with Gasteiger partial charge in [-0.05, 0) is 25.7 Å². The SMILES string of the molecule is CCC(=O)OC[C@H]1CN[C@@H]2CCCC[C@H]2NCCNC2CCCCC2NCCN1. The second kappa shape index (κ2) is 12.8. The summed E-state index contributed by atoms with van der Waals surface area (Å²) in [5.74, 6) is -0.117. The summed E-state index contributed by atoms with van der Waals surface area (Å²) in [6.45, 7) is 7.04. The summed E-state index contributed by atoms with van der Waals surface area (Å²) in [5, 5.41) is 18.8. The fourth-order valence-electron chi connectivity index (χ4n) is 5.07. The zero-order valence-electron chi connectivity index (χ0n) is 18.3. The van der Waals surface area contributed by atoms with Crippen molar-refractivity contribution in [1.82, 2.24) is 26.6 Å². The van der Waals surface area contributed by atoms with Gasteiger partial charge < -0.3 is 31.3 Å². The first-order valence-corrected chi connectivity index (χ1v) is 12.1. The van der Waals surface area contributed by atoms with Crippen LogP contribution in [0.5, 0.6) is 0 Å². The lowest BCUT2D eigenvalue weighted by atomic mass is 9.89. The lowest BCUT2D eigenvalue weighted by molar-refractivity contribution is -0.143. The van der Waals surface area contributed by atoms with Gasteiger partial charge in [-0.15, -0.1) is 0 Å². The molecule has 0 aromatic heterocycles. The van der Waals surface area contributed by atoms with Crippen molar-refractivity contribution < 1.29 is 9.53 Å². The zero-order chi connectivity index (χ0) is 20.3. The van der Waals surface area contributed by atoms with Gasteiger partial charge in [-0.2, -0.15) is 0 Å². The number of fused-ring (bicyclic) bond motifs is 2. The average molecular weight is 410 g/mol. The van der Waals surface area contributed by atoms with E-state index in [-0.39, 0.29) is 12.0 Å². The highest BCUT2D eigenvalue weighted by atomic mass is 16.5. The molecule has 5 atom stereocenters. The Morgan fingerprint density at radius 3 is 1.66 bits per heavy atom. The summed E-state index contributed by atoms with van der Waals surface area (Å²) in [6, 6.07) is 2.33. The van der Waals surface area contributed by atoms with Gasteiger partial charge in [-0.3, -0.25) is 4.79 Å². The molecular formula is C22H43N5O2. The molecule has 29 heavy (non-hydrogen) atoms. The highest BCUT2D eigenvalue weighted by Gasteiger charge is 2.27. The van der Waals surface area contributed by atoms with Crippen molar-refractivity contribution in [3.05, 3.63) is 0 Å². The Balaban J connectivity index is 1.58. The Morgan fingerprint density at radius 2 is 1.17 bits per heavy atom. The van der Waals surface area contributed by atoms with Crippen molar-refractivity contribution in [3.63, 3.8) is 0 Å². The van der Waals surface area contributed by atoms with Crippen LogP contribution in [0.15, 0.2) is 0 Å². The molecule has 5 N–H and O–H groups in total. The van der Waals surface area contributed by atoms with Crippen LogP contribution in [0.3, 0.4) is 0 Å². The smallest absolute Gasteiger partial charge is 0.305 e. The largest absolute Gasteiger partial charge is 0.464 e. The molecule has 7 nitrogen and oxygen atoms in total. The third-order valence-electron chi connectivity index (χ3n) is 6.80. The van der Waals surface area contributed by atoms with Crippen molar-refractivity contribution >= 4 is 5.97 Å². The minimum atomic E-state index is -0.117. The number of ether oxygens (including phenoxy) is 1. The number of carbonyl (C=O) groups excluding carboxylic acids is 1. The van der Waals surface area contributed by atoms with E-state index in [0.717, 1.165) is 32.7 Å². The Labute approximate surface area is 176 Å². The number of nitrogens with one attached hydrogen (secondary N) is 5. The molecular weight excluding hydrogens is 366 g/mol. The molecule has 0 radical (unpaired) electrons. The molecule has 2 unspecified atom stereocenters. The quantitative estimate of drug-likeness (QED) is 0.443. The molecule has 1 saturated heterocycles. The van der Waals surface area contributed by atoms with E-state index in [1.807, 2.05) is 6.92 Å². The fraction of sp³-hybridized carbons (Fsp3) is 0.955. The zero-order valence-corrected chi connectivity index (χ0v) is 18.3. The predicted octanol–water partition coefficient (Wildman–Crippen LogP) is 0.892. The molecule has 2 saturated carbocycles. The minimum absolute atomic E-state index is 0.117. The van der Waals surface area contributed by atoms with Gasteiger partial charge in [0.05, 0.1) is 6.04 Å². The maximum Gasteiger partial charge on any atom is 0.305 e. The normalized spacial score (nSPS) is 35.4. The first-order chi connectivity index (χ1) is 14.3. The van der Waals surface area contributed by atoms with Crippen molar-refractivity contribution in [2.75, 3.05) is 39.3 Å². The predicted molar refractivity (Wildman–Crippen MR) is 117 cm³/mol. The average Bonchev–Trinajstić information content (AvgIpc) is 2.76. The van der Waals surface area contributed by atoms with Crippen LogP contribution in [0.1, 0.15) is 64.7 Å². The number of esters is 1. The first kappa shape index (κ1) is 22.9. The lowest BCUT2D eigenvalue weighted by Crippen LogP contribution is -2.54. The Hall–Kier alpha value is -0.730. The van der Waals surface area contributed by atoms with Crippen LogP contribution in [-0.2, 0) is 9.53 Å². The summed E-state index contributed by atoms with van der Waals surface area (Å²) in [5.41, 5.74) is 0. The summed E-state index contributed by atoms with van der Waals surface area (Å²) < 4.78 is 5.45. The molecule has 0 aromatic carbocycles. The second-order valence-corrected chi connectivity index (χ2v) is 8.95. The van der Waals surface area contributed by atoms with E-state index < -0.39 is 0 Å². The van der Waals surface area contributed by atoms with Crippen molar-refractivity contribution in [2.24, 2.45) is 0 Å². The van der Waals surface area contributed by atoms with Crippen LogP contribution in [-0.4, -0.2) is 75.5 Å². The Kier molecular flexibility index (Phi) is 10.2. The van der Waals surface area contributed by atoms with E-state index in [1.54, 1.807) is 0 Å². The fourth-order valence-corrected chi connectivity index (χ4v) is 5.07. The summed E-state index contributed by atoms with van der Waals surface area (Å²) in [7, 11) is 0. The standard InChI is InChI=1S/C22H43N5O2/c1-2-22(28)29-16-17-15-27-21-10-6-5-9-20(21)26-14-13-25-19-8-4-3-7-18(19)24-12-11-23-17/h17-21,23-27H,2-16H2,1H3/t17-,18?,19?,20-,21-/m1/s1. The van der Waals surface area contributed by atoms with Gasteiger partial charge in [0, 0.05) is 63.3 Å². The van der Waals surface area contributed by atoms with Gasteiger partial charge >= 0.3 is 5.97 Å². The molecule has 1 aliphatic heterocycles. The van der Waals surface area contributed by atoms with Crippen molar-refractivity contribution in [3.8, 4) is 0 Å². The van der Waals surface area contributed by atoms with E-state index in [9.17, 15) is 4.79 Å². The van der Waals surface area contributed by atoms with E-state index in [2.05, 4.69) is 26.6 Å². The highest BCUT2D eigenvalue weighted by molar-refractivity contribution is 5.68. The third-order valence-corrected chi connectivity index (χ3v) is 6.80. The van der Waals surface area contributed by atoms with Crippen LogP contribution in [0.2, 0.25) is 0 Å². The van der Waals surface area contributed by atoms with Gasteiger partial charge in [0.1, 0.15) is 6.61 Å². The minimum Gasteiger partial charge on any atom is -0.464 e. The van der Waals surface area contributed by atoms with Gasteiger partial charge in [0.25, 0.3) is 0 Å². The van der Waals surface area contributed by atoms with Crippen molar-refractivity contribution in [2.45, 2.75) is 94.9 Å². The molecule has 0 amide bonds. The molecule has 168 valence electrons. The van der Waals surface area contributed by atoms with E-state index in [0.29, 0.717) is 37.2 Å². The third kappa shape index (κ3) is 7.79. The molecule has 3 rings (SSSR count). The Bertz CT molecular complexity index is 478. The second-order valence-electron chi connectivity index (χ2n) is 8.95. The molecule has 0 bridgehead atoms. The van der Waals surface area contributed by atoms with E-state index in [4.69, 9.17) is 4.74 Å². The Morgan fingerprint density at radius 1 is 0.724 bits per heavy atom. The summed E-state index contributed by atoms with van der Waals surface area (Å²) in [4.78, 5) is 11.6. The molecule has 1 heterocycles. The molecule has 2 aliphatic carbocycles. The number of rotatable bonds is 3. The van der Waals surface area contributed by atoms with Gasteiger partial charge in [-0.1, -0.05) is 32.6 Å². The van der Waals surface area contributed by atoms with Crippen LogP contribution in [0, 0.1) is 0 Å².